The van der Waals surface area contributed by atoms with Crippen molar-refractivity contribution in [3.05, 3.63) is 0 Å². The first-order valence-electron chi connectivity index (χ1n) is 0. The summed E-state index contributed by atoms with van der Waals surface area (Å²) >= 11 is 0. The van der Waals surface area contributed by atoms with Crippen LogP contribution in [0.2, 0.25) is 0 Å². The summed E-state index contributed by atoms with van der Waals surface area (Å²) < 4.78 is 0. The van der Waals surface area contributed by atoms with Crippen molar-refractivity contribution in [2.75, 3.05) is 0 Å². The molecule has 4 heteroatoms. The summed E-state index contributed by atoms with van der Waals surface area (Å²) in [6.45, 7) is 0. The van der Waals surface area contributed by atoms with Crippen LogP contribution in [0.1, 0.15) is 0 Å². The van der Waals surface area contributed by atoms with Crippen molar-refractivity contribution in [3.63, 3.8) is 0 Å². The molecule has 0 unspecified atom stereocenters. The van der Waals surface area contributed by atoms with Gasteiger partial charge in [0.1, 0.15) is 0 Å². The molecule has 0 spiro atoms. The summed E-state index contributed by atoms with van der Waals surface area (Å²) in [4.78, 5) is 0. The topological polar surface area (TPSA) is 0 Å². The molecule has 2 radical (unpaired) electrons. The van der Waals surface area contributed by atoms with Gasteiger partial charge in [0.2, 0.25) is 0 Å². The van der Waals surface area contributed by atoms with Gasteiger partial charge in [0.25, 0.3) is 0 Å². The minimum absolute atomic E-state index is 0. The van der Waals surface area contributed by atoms with E-state index < -0.39 is 0 Å². The molecule has 0 aromatic carbocycles. The van der Waals surface area contributed by atoms with Gasteiger partial charge in [-0.15, -0.1) is 0 Å². The van der Waals surface area contributed by atoms with E-state index in [-0.39, 0.29) is 99.1 Å². The number of hydrogen-bond donors (Lipinski definition) is 0. The van der Waals surface area contributed by atoms with E-state index in [4.69, 9.17) is 0 Å². The molecule has 0 nitrogen and oxygen atoms in total. The first kappa shape index (κ1) is 26.5. The van der Waals surface area contributed by atoms with E-state index in [1.54, 1.807) is 0 Å². The van der Waals surface area contributed by atoms with Crippen molar-refractivity contribution < 1.29 is 49.4 Å². The second kappa shape index (κ2) is 16.2. The molecule has 4 heavy (non-hydrogen) atoms. The van der Waals surface area contributed by atoms with Gasteiger partial charge in [-0.2, -0.15) is 0 Å². The molecular formula is H5HgInSnTi. The zero-order valence-corrected chi connectivity index (χ0v) is 13.0. The van der Waals surface area contributed by atoms with Crippen LogP contribution in [-0.4, -0.2) is 49.8 Å². The molecule has 0 aliphatic rings. The van der Waals surface area contributed by atoms with Gasteiger partial charge < -0.3 is 0 Å². The Balaban J connectivity index is 0. The molecule has 0 bridgehead atoms. The van der Waals surface area contributed by atoms with Gasteiger partial charge >= 0.3 is 49.8 Å². The van der Waals surface area contributed by atoms with Crippen molar-refractivity contribution in [3.8, 4) is 0 Å². The molecule has 0 aromatic heterocycles. The Morgan fingerprint density at radius 2 is 1.00 bits per heavy atom. The van der Waals surface area contributed by atoms with Gasteiger partial charge in [-0.3, -0.25) is 0 Å². The van der Waals surface area contributed by atoms with Gasteiger partial charge in [-0.05, 0) is 0 Å². The maximum absolute atomic E-state index is 0. The van der Waals surface area contributed by atoms with Crippen molar-refractivity contribution >= 4 is 49.8 Å². The smallest absolute Gasteiger partial charge is 0 e. The first-order chi connectivity index (χ1) is 0. The Labute approximate surface area is 97.0 Å². The van der Waals surface area contributed by atoms with Crippen molar-refractivity contribution in [1.82, 2.24) is 0 Å². The summed E-state index contributed by atoms with van der Waals surface area (Å²) in [5.74, 6) is 0. The molecule has 18 valence electrons. The SMILES string of the molecule is [Hg].[InH3].[SnH2].[Ti]. The van der Waals surface area contributed by atoms with E-state index in [1.165, 1.54) is 0 Å². The van der Waals surface area contributed by atoms with Gasteiger partial charge in [-0.1, -0.05) is 0 Å². The van der Waals surface area contributed by atoms with E-state index in [2.05, 4.69) is 0 Å². The molecule has 0 aliphatic heterocycles. The quantitative estimate of drug-likeness (QED) is 0.344. The van der Waals surface area contributed by atoms with Crippen molar-refractivity contribution in [1.29, 1.82) is 0 Å². The fourth-order valence-corrected chi connectivity index (χ4v) is 0. The minimum Gasteiger partial charge on any atom is 0 e. The van der Waals surface area contributed by atoms with Crippen LogP contribution >= 0.6 is 0 Å². The van der Waals surface area contributed by atoms with Crippen molar-refractivity contribution in [2.45, 2.75) is 0 Å². The predicted octanol–water partition coefficient (Wildman–Crippen LogP) is -2.11. The Hall–Kier alpha value is 3.32. The molecule has 0 saturated carbocycles. The normalized spacial score (nSPS) is 0. The van der Waals surface area contributed by atoms with Crippen LogP contribution in [0.25, 0.3) is 0 Å². The van der Waals surface area contributed by atoms with E-state index >= 15 is 0 Å². The Morgan fingerprint density at radius 1 is 1.00 bits per heavy atom. The number of hydrogen-bond acceptors (Lipinski definition) is 0. The van der Waals surface area contributed by atoms with E-state index in [0.29, 0.717) is 0 Å². The van der Waals surface area contributed by atoms with Crippen LogP contribution in [0.3, 0.4) is 0 Å². The molecule has 0 aliphatic carbocycles. The largest absolute Gasteiger partial charge is 0 e. The minimum atomic E-state index is 0. The molecule has 0 aromatic rings. The summed E-state index contributed by atoms with van der Waals surface area (Å²) in [5, 5.41) is 0. The first-order valence-corrected chi connectivity index (χ1v) is 0. The van der Waals surface area contributed by atoms with Crippen LogP contribution in [0, 0.1) is 0 Å². The average molecular weight is 487 g/mol. The fourth-order valence-electron chi connectivity index (χ4n) is 0. The predicted molar refractivity (Wildman–Crippen MR) is 18.5 cm³/mol. The third-order valence-electron chi connectivity index (χ3n) is 0. The molecular weight excluding hydrogens is 482 g/mol. The third-order valence-corrected chi connectivity index (χ3v) is 0. The summed E-state index contributed by atoms with van der Waals surface area (Å²) in [5.41, 5.74) is 0. The molecule has 0 atom stereocenters. The number of rotatable bonds is 0. The Bertz CT molecular complexity index is 8.00. The van der Waals surface area contributed by atoms with E-state index in [9.17, 15) is 0 Å². The Morgan fingerprint density at radius 3 is 1.00 bits per heavy atom. The third kappa shape index (κ3) is 9.01. The van der Waals surface area contributed by atoms with Crippen LogP contribution < -0.4 is 0 Å². The maximum Gasteiger partial charge on any atom is 0 e. The monoisotopic (exact) mass is 490 g/mol. The molecule has 0 fully saturated rings. The summed E-state index contributed by atoms with van der Waals surface area (Å²) in [6.07, 6.45) is 0. The molecule has 0 heterocycles. The summed E-state index contributed by atoms with van der Waals surface area (Å²) in [6, 6.07) is 0. The zero-order chi connectivity index (χ0) is 0. The molecule has 0 amide bonds. The van der Waals surface area contributed by atoms with Gasteiger partial charge in [-0.25, -0.2) is 0 Å². The van der Waals surface area contributed by atoms with E-state index in [1.807, 2.05) is 0 Å². The van der Waals surface area contributed by atoms with E-state index in [0.717, 1.165) is 0 Å². The maximum atomic E-state index is 0. The average Bonchev–Trinajstić information content (AvgIpc) is 0. The van der Waals surface area contributed by atoms with Crippen LogP contribution in [-0.2, 0) is 49.4 Å². The molecule has 0 saturated heterocycles. The van der Waals surface area contributed by atoms with Gasteiger partial charge in [0.05, 0.1) is 0 Å². The van der Waals surface area contributed by atoms with Crippen LogP contribution in [0.4, 0.5) is 0 Å². The van der Waals surface area contributed by atoms with Crippen LogP contribution in [0.15, 0.2) is 0 Å². The Kier molecular flexibility index (Phi) is 108. The second-order valence-electron chi connectivity index (χ2n) is 0. The van der Waals surface area contributed by atoms with Crippen molar-refractivity contribution in [2.24, 2.45) is 0 Å². The second-order valence-corrected chi connectivity index (χ2v) is 0. The molecule has 0 N–H and O–H groups in total. The zero-order valence-electron chi connectivity index (χ0n) is 1.91. The van der Waals surface area contributed by atoms with Gasteiger partial charge in [0.15, 0.2) is 0 Å². The molecule has 0 rings (SSSR count). The summed E-state index contributed by atoms with van der Waals surface area (Å²) in [7, 11) is 0. The standard InChI is InChI=1S/Hg.In.Sn.Ti.5H. The fraction of sp³-hybridized carbons (Fsp3) is 0. The van der Waals surface area contributed by atoms with Crippen LogP contribution in [0.5, 0.6) is 0 Å². The van der Waals surface area contributed by atoms with Gasteiger partial charge in [0, 0.05) is 49.4 Å².